The number of aromatic nitrogens is 2. The zero-order valence-corrected chi connectivity index (χ0v) is 11.7. The van der Waals surface area contributed by atoms with E-state index in [0.29, 0.717) is 11.3 Å². The van der Waals surface area contributed by atoms with Gasteiger partial charge in [0.05, 0.1) is 22.3 Å². The van der Waals surface area contributed by atoms with E-state index in [-0.39, 0.29) is 0 Å². The van der Waals surface area contributed by atoms with Crippen molar-refractivity contribution in [2.24, 2.45) is 0 Å². The summed E-state index contributed by atoms with van der Waals surface area (Å²) in [5.41, 5.74) is 4.97. The molecule has 0 saturated carbocycles. The molecule has 1 aliphatic carbocycles. The number of aromatic amines is 1. The number of carbonyl (C=O) groups is 2. The van der Waals surface area contributed by atoms with Crippen molar-refractivity contribution in [2.45, 2.75) is 13.8 Å². The third kappa shape index (κ3) is 1.41. The predicted molar refractivity (Wildman–Crippen MR) is 81.4 cm³/mol. The van der Waals surface area contributed by atoms with E-state index in [1.807, 2.05) is 26.0 Å². The maximum Gasteiger partial charge on any atom is 0.235 e. The summed E-state index contributed by atoms with van der Waals surface area (Å²) in [6.07, 6.45) is 4.76. The summed E-state index contributed by atoms with van der Waals surface area (Å²) in [5.74, 6) is -0.906. The molecule has 0 saturated heterocycles. The van der Waals surface area contributed by atoms with Crippen LogP contribution in [0.4, 0.5) is 0 Å². The molecule has 0 atom stereocenters. The van der Waals surface area contributed by atoms with Crippen molar-refractivity contribution in [2.75, 3.05) is 0 Å². The van der Waals surface area contributed by atoms with E-state index in [2.05, 4.69) is 9.97 Å². The number of pyridine rings is 1. The molecule has 0 spiro atoms. The Labute approximate surface area is 120 Å². The van der Waals surface area contributed by atoms with Gasteiger partial charge in [-0.25, -0.2) is 0 Å². The molecule has 4 rings (SSSR count). The zero-order valence-electron chi connectivity index (χ0n) is 11.7. The van der Waals surface area contributed by atoms with Gasteiger partial charge in [0, 0.05) is 17.0 Å². The summed E-state index contributed by atoms with van der Waals surface area (Å²) in [7, 11) is 0. The number of ketones is 2. The molecule has 0 aliphatic heterocycles. The predicted octanol–water partition coefficient (Wildman–Crippen LogP) is 3.11. The fourth-order valence-electron chi connectivity index (χ4n) is 3.15. The Morgan fingerprint density at radius 2 is 1.90 bits per heavy atom. The average molecular weight is 276 g/mol. The minimum atomic E-state index is -0.466. The van der Waals surface area contributed by atoms with Crippen LogP contribution in [0.5, 0.6) is 0 Å². The number of H-pyrrole nitrogens is 1. The SMILES string of the molecule is Cc1c2ncccc2c(C)c2c3c([nH]c12)C=CC(=O)C3=O. The van der Waals surface area contributed by atoms with Gasteiger partial charge in [0.1, 0.15) is 0 Å². The highest BCUT2D eigenvalue weighted by atomic mass is 16.2. The fraction of sp³-hybridized carbons (Fsp3) is 0.118. The summed E-state index contributed by atoms with van der Waals surface area (Å²) >= 11 is 0. The number of nitrogens with one attached hydrogen (secondary N) is 1. The largest absolute Gasteiger partial charge is 0.354 e. The van der Waals surface area contributed by atoms with Gasteiger partial charge in [-0.3, -0.25) is 14.6 Å². The normalized spacial score (nSPS) is 14.2. The van der Waals surface area contributed by atoms with Gasteiger partial charge in [-0.05, 0) is 43.2 Å². The van der Waals surface area contributed by atoms with Gasteiger partial charge in [0.2, 0.25) is 11.6 Å². The average Bonchev–Trinajstić information content (AvgIpc) is 2.89. The smallest absolute Gasteiger partial charge is 0.235 e. The summed E-state index contributed by atoms with van der Waals surface area (Å²) in [4.78, 5) is 31.7. The topological polar surface area (TPSA) is 62.8 Å². The maximum absolute atomic E-state index is 12.3. The maximum atomic E-state index is 12.3. The zero-order chi connectivity index (χ0) is 14.7. The van der Waals surface area contributed by atoms with Crippen LogP contribution < -0.4 is 0 Å². The number of aryl methyl sites for hydroxylation is 2. The summed E-state index contributed by atoms with van der Waals surface area (Å²) in [6.45, 7) is 3.95. The lowest BCUT2D eigenvalue weighted by molar-refractivity contribution is -0.110. The van der Waals surface area contributed by atoms with Crippen LogP contribution in [0.3, 0.4) is 0 Å². The Morgan fingerprint density at radius 1 is 1.10 bits per heavy atom. The van der Waals surface area contributed by atoms with Crippen LogP contribution in [0.25, 0.3) is 27.9 Å². The number of allylic oxidation sites excluding steroid dienone is 1. The molecule has 21 heavy (non-hydrogen) atoms. The molecule has 2 aromatic heterocycles. The second-order valence-corrected chi connectivity index (χ2v) is 5.34. The first-order valence-corrected chi connectivity index (χ1v) is 6.76. The Hall–Kier alpha value is -2.75. The Morgan fingerprint density at radius 3 is 2.71 bits per heavy atom. The summed E-state index contributed by atoms with van der Waals surface area (Å²) in [5, 5.41) is 1.85. The van der Waals surface area contributed by atoms with Gasteiger partial charge in [-0.2, -0.15) is 0 Å². The molecule has 0 unspecified atom stereocenters. The van der Waals surface area contributed by atoms with Crippen molar-refractivity contribution in [1.82, 2.24) is 9.97 Å². The van der Waals surface area contributed by atoms with Crippen LogP contribution in [0.1, 0.15) is 27.2 Å². The number of nitrogens with zero attached hydrogens (tertiary/aromatic N) is 1. The molecule has 102 valence electrons. The Balaban J connectivity index is 2.29. The highest BCUT2D eigenvalue weighted by Crippen LogP contribution is 2.36. The van der Waals surface area contributed by atoms with E-state index in [9.17, 15) is 9.59 Å². The number of rotatable bonds is 0. The summed E-state index contributed by atoms with van der Waals surface area (Å²) in [6, 6.07) is 3.88. The molecule has 3 aromatic rings. The molecule has 4 nitrogen and oxygen atoms in total. The number of fused-ring (bicyclic) bond motifs is 4. The second kappa shape index (κ2) is 3.88. The van der Waals surface area contributed by atoms with E-state index >= 15 is 0 Å². The first kappa shape index (κ1) is 12.0. The molecular weight excluding hydrogens is 264 g/mol. The molecule has 2 heterocycles. The molecule has 0 amide bonds. The van der Waals surface area contributed by atoms with E-state index < -0.39 is 11.6 Å². The third-order valence-corrected chi connectivity index (χ3v) is 4.20. The van der Waals surface area contributed by atoms with E-state index in [1.54, 1.807) is 12.3 Å². The number of hydrogen-bond donors (Lipinski definition) is 1. The lowest BCUT2D eigenvalue weighted by atomic mass is 9.93. The first-order valence-electron chi connectivity index (χ1n) is 6.76. The number of Topliss-reactive ketones (excluding diaryl/α,β-unsaturated/α-hetero) is 1. The minimum absolute atomic E-state index is 0.440. The van der Waals surface area contributed by atoms with Crippen molar-refractivity contribution >= 4 is 39.4 Å². The molecule has 1 aliphatic rings. The van der Waals surface area contributed by atoms with Gasteiger partial charge in [-0.15, -0.1) is 0 Å². The van der Waals surface area contributed by atoms with Crippen molar-refractivity contribution in [3.8, 4) is 0 Å². The van der Waals surface area contributed by atoms with Gasteiger partial charge >= 0.3 is 0 Å². The van der Waals surface area contributed by atoms with Gasteiger partial charge < -0.3 is 4.98 Å². The number of carbonyl (C=O) groups excluding carboxylic acids is 2. The molecule has 0 bridgehead atoms. The highest BCUT2D eigenvalue weighted by molar-refractivity contribution is 6.52. The lowest BCUT2D eigenvalue weighted by Crippen LogP contribution is -2.15. The summed E-state index contributed by atoms with van der Waals surface area (Å²) < 4.78 is 0. The molecule has 0 radical (unpaired) electrons. The molecular formula is C17H12N2O2. The lowest BCUT2D eigenvalue weighted by Gasteiger charge is -2.09. The van der Waals surface area contributed by atoms with Crippen LogP contribution >= 0.6 is 0 Å². The molecule has 1 aromatic carbocycles. The Bertz CT molecular complexity index is 993. The first-order chi connectivity index (χ1) is 10.1. The van der Waals surface area contributed by atoms with E-state index in [1.165, 1.54) is 6.08 Å². The number of benzene rings is 1. The van der Waals surface area contributed by atoms with Crippen LogP contribution in [0.2, 0.25) is 0 Å². The highest BCUT2D eigenvalue weighted by Gasteiger charge is 2.27. The quantitative estimate of drug-likeness (QED) is 0.642. The van der Waals surface area contributed by atoms with Crippen molar-refractivity contribution < 1.29 is 9.59 Å². The van der Waals surface area contributed by atoms with Crippen LogP contribution in [-0.4, -0.2) is 21.5 Å². The van der Waals surface area contributed by atoms with Crippen molar-refractivity contribution in [3.63, 3.8) is 0 Å². The Kier molecular flexibility index (Phi) is 2.22. The van der Waals surface area contributed by atoms with Crippen molar-refractivity contribution in [3.05, 3.63) is 46.8 Å². The van der Waals surface area contributed by atoms with Gasteiger partial charge in [0.25, 0.3) is 0 Å². The van der Waals surface area contributed by atoms with E-state index in [4.69, 9.17) is 0 Å². The molecule has 1 N–H and O–H groups in total. The monoisotopic (exact) mass is 276 g/mol. The standard InChI is InChI=1S/C17H12N2O2/c1-8-10-4-3-7-18-15(10)9(2)16-13(8)14-11(19-16)5-6-12(20)17(14)21/h3-7,19H,1-2H3. The van der Waals surface area contributed by atoms with Crippen LogP contribution in [-0.2, 0) is 4.79 Å². The fourth-order valence-corrected chi connectivity index (χ4v) is 3.15. The van der Waals surface area contributed by atoms with Crippen molar-refractivity contribution in [1.29, 1.82) is 0 Å². The molecule has 0 fully saturated rings. The third-order valence-electron chi connectivity index (χ3n) is 4.20. The van der Waals surface area contributed by atoms with Crippen LogP contribution in [0.15, 0.2) is 24.4 Å². The van der Waals surface area contributed by atoms with Gasteiger partial charge in [0.15, 0.2) is 0 Å². The van der Waals surface area contributed by atoms with E-state index in [0.717, 1.165) is 32.9 Å². The van der Waals surface area contributed by atoms with Crippen LogP contribution in [0, 0.1) is 13.8 Å². The number of hydrogen-bond acceptors (Lipinski definition) is 3. The molecule has 4 heteroatoms. The minimum Gasteiger partial charge on any atom is -0.354 e. The second-order valence-electron chi connectivity index (χ2n) is 5.34. The van der Waals surface area contributed by atoms with Gasteiger partial charge in [-0.1, -0.05) is 6.07 Å².